The van der Waals surface area contributed by atoms with Crippen LogP contribution in [0.25, 0.3) is 0 Å². The molecule has 0 bridgehead atoms. The van der Waals surface area contributed by atoms with Crippen molar-refractivity contribution < 1.29 is 0 Å². The predicted octanol–water partition coefficient (Wildman–Crippen LogP) is 2.16. The van der Waals surface area contributed by atoms with E-state index in [9.17, 15) is 0 Å². The maximum absolute atomic E-state index is 5.82. The highest BCUT2D eigenvalue weighted by atomic mass is 15.2. The zero-order valence-corrected chi connectivity index (χ0v) is 12.5. The van der Waals surface area contributed by atoms with Crippen LogP contribution in [0.4, 0.5) is 5.69 Å². The Kier molecular flexibility index (Phi) is 4.83. The molecule has 1 atom stereocenters. The number of benzene rings is 1. The fourth-order valence-corrected chi connectivity index (χ4v) is 3.03. The van der Waals surface area contributed by atoms with E-state index in [4.69, 9.17) is 5.73 Å². The van der Waals surface area contributed by atoms with E-state index in [0.717, 1.165) is 26.1 Å². The van der Waals surface area contributed by atoms with Crippen LogP contribution in [0.3, 0.4) is 0 Å². The van der Waals surface area contributed by atoms with E-state index in [2.05, 4.69) is 48.9 Å². The van der Waals surface area contributed by atoms with Gasteiger partial charge in [-0.3, -0.25) is 0 Å². The second-order valence-electron chi connectivity index (χ2n) is 5.83. The van der Waals surface area contributed by atoms with Gasteiger partial charge >= 0.3 is 0 Å². The van der Waals surface area contributed by atoms with Crippen LogP contribution >= 0.6 is 0 Å². The Hall–Kier alpha value is -1.06. The molecule has 1 aromatic rings. The third-order valence-corrected chi connectivity index (χ3v) is 4.08. The van der Waals surface area contributed by atoms with E-state index in [1.807, 2.05) is 0 Å². The third-order valence-electron chi connectivity index (χ3n) is 4.08. The molecular formula is C16H27N3. The average molecular weight is 261 g/mol. The van der Waals surface area contributed by atoms with Crippen LogP contribution in [0.2, 0.25) is 0 Å². The second kappa shape index (κ2) is 6.40. The van der Waals surface area contributed by atoms with Gasteiger partial charge in [-0.25, -0.2) is 0 Å². The van der Waals surface area contributed by atoms with Crippen molar-refractivity contribution in [3.05, 3.63) is 29.3 Å². The molecule has 0 amide bonds. The highest BCUT2D eigenvalue weighted by molar-refractivity contribution is 5.56. The van der Waals surface area contributed by atoms with Gasteiger partial charge in [0.15, 0.2) is 0 Å². The fourth-order valence-electron chi connectivity index (χ4n) is 3.03. The molecule has 0 spiro atoms. The van der Waals surface area contributed by atoms with Crippen molar-refractivity contribution in [3.63, 3.8) is 0 Å². The summed E-state index contributed by atoms with van der Waals surface area (Å²) in [7, 11) is 2.22. The smallest absolute Gasteiger partial charge is 0.0429 e. The van der Waals surface area contributed by atoms with Gasteiger partial charge < -0.3 is 15.5 Å². The summed E-state index contributed by atoms with van der Waals surface area (Å²) in [6.45, 7) is 8.58. The molecule has 3 heteroatoms. The molecule has 19 heavy (non-hydrogen) atoms. The first-order valence-corrected chi connectivity index (χ1v) is 7.34. The molecule has 0 aromatic heterocycles. The maximum atomic E-state index is 5.82. The van der Waals surface area contributed by atoms with E-state index in [0.29, 0.717) is 6.04 Å². The summed E-state index contributed by atoms with van der Waals surface area (Å²) in [5.41, 5.74) is 9.93. The van der Waals surface area contributed by atoms with Crippen LogP contribution in [0.1, 0.15) is 24.0 Å². The lowest BCUT2D eigenvalue weighted by atomic mass is 10.1. The van der Waals surface area contributed by atoms with Gasteiger partial charge in [-0.05, 0) is 64.0 Å². The summed E-state index contributed by atoms with van der Waals surface area (Å²) in [4.78, 5) is 5.02. The minimum Gasteiger partial charge on any atom is -0.367 e. The Morgan fingerprint density at radius 2 is 2.05 bits per heavy atom. The summed E-state index contributed by atoms with van der Waals surface area (Å²) in [6, 6.07) is 7.29. The number of nitrogens with two attached hydrogens (primary N) is 1. The van der Waals surface area contributed by atoms with Crippen molar-refractivity contribution >= 4 is 5.69 Å². The van der Waals surface area contributed by atoms with Crippen molar-refractivity contribution in [2.24, 2.45) is 5.73 Å². The number of rotatable bonds is 3. The summed E-state index contributed by atoms with van der Waals surface area (Å²) >= 11 is 0. The molecule has 0 aliphatic carbocycles. The minimum atomic E-state index is 0.540. The molecule has 3 nitrogen and oxygen atoms in total. The molecule has 1 fully saturated rings. The Bertz CT molecular complexity index is 416. The Morgan fingerprint density at radius 1 is 1.26 bits per heavy atom. The van der Waals surface area contributed by atoms with Gasteiger partial charge in [0.05, 0.1) is 0 Å². The molecular weight excluding hydrogens is 234 g/mol. The molecule has 106 valence electrons. The summed E-state index contributed by atoms with van der Waals surface area (Å²) in [6.07, 6.45) is 2.29. The van der Waals surface area contributed by atoms with Crippen LogP contribution in [0.5, 0.6) is 0 Å². The van der Waals surface area contributed by atoms with Crippen LogP contribution in [0.15, 0.2) is 18.2 Å². The van der Waals surface area contributed by atoms with Gasteiger partial charge in [-0.2, -0.15) is 0 Å². The van der Waals surface area contributed by atoms with Crippen molar-refractivity contribution in [3.8, 4) is 0 Å². The number of anilines is 1. The lowest BCUT2D eigenvalue weighted by Crippen LogP contribution is -2.42. The largest absolute Gasteiger partial charge is 0.367 e. The van der Waals surface area contributed by atoms with E-state index in [1.165, 1.54) is 29.8 Å². The minimum absolute atomic E-state index is 0.540. The molecule has 1 saturated heterocycles. The third kappa shape index (κ3) is 3.48. The van der Waals surface area contributed by atoms with Gasteiger partial charge in [-0.1, -0.05) is 12.1 Å². The summed E-state index contributed by atoms with van der Waals surface area (Å²) in [5.74, 6) is 0. The van der Waals surface area contributed by atoms with Crippen LogP contribution in [0, 0.1) is 13.8 Å². The van der Waals surface area contributed by atoms with Crippen molar-refractivity contribution in [1.29, 1.82) is 0 Å². The first kappa shape index (κ1) is 14.4. The molecule has 1 aliphatic heterocycles. The zero-order valence-electron chi connectivity index (χ0n) is 12.5. The van der Waals surface area contributed by atoms with Gasteiger partial charge in [0.25, 0.3) is 0 Å². The van der Waals surface area contributed by atoms with Crippen molar-refractivity contribution in [2.75, 3.05) is 38.1 Å². The molecule has 1 unspecified atom stereocenters. The van der Waals surface area contributed by atoms with E-state index >= 15 is 0 Å². The molecule has 0 saturated carbocycles. The number of hydrogen-bond acceptors (Lipinski definition) is 3. The lowest BCUT2D eigenvalue weighted by Gasteiger charge is -2.34. The number of aryl methyl sites for hydroxylation is 2. The van der Waals surface area contributed by atoms with Crippen molar-refractivity contribution in [1.82, 2.24) is 4.90 Å². The molecule has 2 rings (SSSR count). The SMILES string of the molecule is Cc1ccc(C)c(N2CCCN(C)CC2CCN)c1. The Balaban J connectivity index is 2.29. The standard InChI is InChI=1S/C16H27N3/c1-13-5-6-14(2)16(11-13)19-10-4-9-18(3)12-15(19)7-8-17/h5-6,11,15H,4,7-10,12,17H2,1-3H3. The fraction of sp³-hybridized carbons (Fsp3) is 0.625. The van der Waals surface area contributed by atoms with Gasteiger partial charge in [0, 0.05) is 24.8 Å². The Morgan fingerprint density at radius 3 is 2.79 bits per heavy atom. The monoisotopic (exact) mass is 261 g/mol. The number of likely N-dealkylation sites (N-methyl/N-ethyl adjacent to an activating group) is 1. The van der Waals surface area contributed by atoms with E-state index in [1.54, 1.807) is 0 Å². The Labute approximate surface area is 117 Å². The summed E-state index contributed by atoms with van der Waals surface area (Å²) < 4.78 is 0. The number of nitrogens with zero attached hydrogens (tertiary/aromatic N) is 2. The van der Waals surface area contributed by atoms with E-state index in [-0.39, 0.29) is 0 Å². The zero-order chi connectivity index (χ0) is 13.8. The van der Waals surface area contributed by atoms with Crippen LogP contribution in [-0.4, -0.2) is 44.2 Å². The highest BCUT2D eigenvalue weighted by Gasteiger charge is 2.24. The molecule has 2 N–H and O–H groups in total. The van der Waals surface area contributed by atoms with Gasteiger partial charge in [0.2, 0.25) is 0 Å². The van der Waals surface area contributed by atoms with Gasteiger partial charge in [0.1, 0.15) is 0 Å². The topological polar surface area (TPSA) is 32.5 Å². The normalized spacial score (nSPS) is 21.5. The molecule has 0 radical (unpaired) electrons. The van der Waals surface area contributed by atoms with Crippen LogP contribution < -0.4 is 10.6 Å². The summed E-state index contributed by atoms with van der Waals surface area (Å²) in [5, 5.41) is 0. The van der Waals surface area contributed by atoms with Gasteiger partial charge in [-0.15, -0.1) is 0 Å². The average Bonchev–Trinajstić information content (AvgIpc) is 2.55. The second-order valence-corrected chi connectivity index (χ2v) is 5.83. The van der Waals surface area contributed by atoms with Crippen LogP contribution in [-0.2, 0) is 0 Å². The molecule has 1 heterocycles. The first-order valence-electron chi connectivity index (χ1n) is 7.34. The van der Waals surface area contributed by atoms with Crippen molar-refractivity contribution in [2.45, 2.75) is 32.7 Å². The maximum Gasteiger partial charge on any atom is 0.0429 e. The number of hydrogen-bond donors (Lipinski definition) is 1. The van der Waals surface area contributed by atoms with E-state index < -0.39 is 0 Å². The quantitative estimate of drug-likeness (QED) is 0.905. The molecule has 1 aliphatic rings. The molecule has 1 aromatic carbocycles. The predicted molar refractivity (Wildman–Crippen MR) is 82.8 cm³/mol. The highest BCUT2D eigenvalue weighted by Crippen LogP contribution is 2.26. The lowest BCUT2D eigenvalue weighted by molar-refractivity contribution is 0.326. The first-order chi connectivity index (χ1) is 9.11.